The standard InChI is InChI=1S/C31H30F2N6O4/c1-15-13-38(5-6-43-15)28-20(12-36-24-8-18-23(34-2)9-22(32)27(33)25(18)26(24)28)16-7-19-29(40)21(31(41)42)14-39(30(19)37-10-16)17-3-4-35-11-17/h7,9-10,12,14-15,17,34-35H,3-6,8,11,13H2,1-2H3,(H,41,42)/t15-,17?/m0/s1. The topological polar surface area (TPSA) is 122 Å². The lowest BCUT2D eigenvalue weighted by molar-refractivity contribution is 0.0533. The van der Waals surface area contributed by atoms with Crippen LogP contribution in [0.15, 0.2) is 35.5 Å². The Morgan fingerprint density at radius 1 is 1.21 bits per heavy atom. The van der Waals surface area contributed by atoms with Crippen LogP contribution in [0, 0.1) is 11.6 Å². The van der Waals surface area contributed by atoms with Crippen LogP contribution in [0.2, 0.25) is 0 Å². The van der Waals surface area contributed by atoms with E-state index in [9.17, 15) is 19.1 Å². The van der Waals surface area contributed by atoms with Crippen LogP contribution in [-0.4, -0.2) is 71.5 Å². The van der Waals surface area contributed by atoms with Gasteiger partial charge in [-0.1, -0.05) is 0 Å². The molecule has 43 heavy (non-hydrogen) atoms. The Balaban J connectivity index is 1.50. The molecule has 2 aliphatic heterocycles. The number of carboxylic acids is 1. The molecular weight excluding hydrogens is 558 g/mol. The van der Waals surface area contributed by atoms with E-state index in [0.29, 0.717) is 77.6 Å². The molecule has 0 bridgehead atoms. The summed E-state index contributed by atoms with van der Waals surface area (Å²) in [6, 6.07) is 2.75. The van der Waals surface area contributed by atoms with Crippen molar-refractivity contribution in [3.63, 3.8) is 0 Å². The van der Waals surface area contributed by atoms with Crippen LogP contribution in [0.5, 0.6) is 0 Å². The molecule has 12 heteroatoms. The van der Waals surface area contributed by atoms with E-state index in [0.717, 1.165) is 19.0 Å². The second-order valence-electron chi connectivity index (χ2n) is 11.3. The monoisotopic (exact) mass is 588 g/mol. The lowest BCUT2D eigenvalue weighted by Crippen LogP contribution is -2.41. The van der Waals surface area contributed by atoms with E-state index in [1.54, 1.807) is 30.1 Å². The van der Waals surface area contributed by atoms with Crippen LogP contribution in [0.3, 0.4) is 0 Å². The molecule has 7 rings (SSSR count). The van der Waals surface area contributed by atoms with Crippen LogP contribution in [0.4, 0.5) is 20.2 Å². The number of pyridine rings is 3. The number of hydrogen-bond acceptors (Lipinski definition) is 8. The van der Waals surface area contributed by atoms with Crippen LogP contribution < -0.4 is 21.0 Å². The van der Waals surface area contributed by atoms with Gasteiger partial charge in [0.15, 0.2) is 11.6 Å². The number of morpholine rings is 1. The van der Waals surface area contributed by atoms with E-state index in [4.69, 9.17) is 9.72 Å². The Morgan fingerprint density at radius 2 is 2.05 bits per heavy atom. The number of carboxylic acid groups (broad SMARTS) is 1. The van der Waals surface area contributed by atoms with Crippen molar-refractivity contribution < 1.29 is 23.4 Å². The molecule has 2 fully saturated rings. The summed E-state index contributed by atoms with van der Waals surface area (Å²) in [5, 5.41) is 16.3. The minimum Gasteiger partial charge on any atom is -0.477 e. The van der Waals surface area contributed by atoms with Gasteiger partial charge in [0.2, 0.25) is 5.43 Å². The molecule has 1 unspecified atom stereocenters. The second-order valence-corrected chi connectivity index (χ2v) is 11.3. The first-order chi connectivity index (χ1) is 20.8. The number of benzene rings is 1. The molecule has 10 nitrogen and oxygen atoms in total. The zero-order chi connectivity index (χ0) is 30.0. The molecule has 3 aromatic heterocycles. The molecule has 0 radical (unpaired) electrons. The first-order valence-corrected chi connectivity index (χ1v) is 14.3. The average Bonchev–Trinajstić information content (AvgIpc) is 3.67. The highest BCUT2D eigenvalue weighted by Gasteiger charge is 2.35. The summed E-state index contributed by atoms with van der Waals surface area (Å²) in [6.45, 7) is 4.80. The molecule has 0 amide bonds. The van der Waals surface area contributed by atoms with Gasteiger partial charge >= 0.3 is 5.97 Å². The van der Waals surface area contributed by atoms with E-state index in [1.807, 2.05) is 6.92 Å². The number of ether oxygens (including phenoxy) is 1. The Kier molecular flexibility index (Phi) is 6.62. The van der Waals surface area contributed by atoms with Gasteiger partial charge in [-0.25, -0.2) is 18.6 Å². The fraction of sp³-hybridized carbons (Fsp3) is 0.355. The summed E-state index contributed by atoms with van der Waals surface area (Å²) < 4.78 is 38.1. The molecule has 3 N–H and O–H groups in total. The number of carbonyl (C=O) groups is 1. The van der Waals surface area contributed by atoms with Gasteiger partial charge < -0.3 is 29.9 Å². The Bertz CT molecular complexity index is 1870. The Labute approximate surface area is 245 Å². The number of rotatable bonds is 5. The van der Waals surface area contributed by atoms with Crippen molar-refractivity contribution in [2.75, 3.05) is 50.1 Å². The maximum atomic E-state index is 15.6. The Hall–Kier alpha value is -4.42. The summed E-state index contributed by atoms with van der Waals surface area (Å²) in [5.74, 6) is -3.21. The number of halogens is 2. The van der Waals surface area contributed by atoms with Crippen molar-refractivity contribution in [1.82, 2.24) is 19.9 Å². The van der Waals surface area contributed by atoms with Crippen molar-refractivity contribution in [2.24, 2.45) is 0 Å². The molecule has 2 saturated heterocycles. The molecule has 1 aromatic carbocycles. The molecular formula is C31H30F2N6O4. The van der Waals surface area contributed by atoms with Gasteiger partial charge in [0, 0.05) is 91.7 Å². The van der Waals surface area contributed by atoms with Crippen molar-refractivity contribution in [2.45, 2.75) is 31.9 Å². The van der Waals surface area contributed by atoms with Gasteiger partial charge in [-0.3, -0.25) is 9.78 Å². The van der Waals surface area contributed by atoms with Gasteiger partial charge in [0.05, 0.1) is 29.5 Å². The van der Waals surface area contributed by atoms with Crippen molar-refractivity contribution in [3.05, 3.63) is 69.4 Å². The first-order valence-electron chi connectivity index (χ1n) is 14.3. The number of aromatic carboxylic acids is 1. The molecule has 1 aliphatic carbocycles. The van der Waals surface area contributed by atoms with Gasteiger partial charge in [-0.05, 0) is 31.5 Å². The minimum atomic E-state index is -1.31. The lowest BCUT2D eigenvalue weighted by Gasteiger charge is -2.35. The van der Waals surface area contributed by atoms with E-state index in [-0.39, 0.29) is 28.7 Å². The SMILES string of the molecule is CNc1cc(F)c(F)c2c1Cc1ncc(-c3cnc4c(c3)c(=O)c(C(=O)O)cn4C3CCNC3)c(N3CCO[C@@H](C)C3)c1-2. The molecule has 222 valence electrons. The largest absolute Gasteiger partial charge is 0.477 e. The summed E-state index contributed by atoms with van der Waals surface area (Å²) in [5.41, 5.74) is 3.58. The van der Waals surface area contributed by atoms with Gasteiger partial charge in [0.1, 0.15) is 11.2 Å². The number of hydrogen-bond donors (Lipinski definition) is 3. The number of nitrogens with zero attached hydrogens (tertiary/aromatic N) is 4. The number of aromatic nitrogens is 3. The second kappa shape index (κ2) is 10.4. The zero-order valence-electron chi connectivity index (χ0n) is 23.7. The summed E-state index contributed by atoms with van der Waals surface area (Å²) in [7, 11) is 1.67. The van der Waals surface area contributed by atoms with E-state index in [2.05, 4.69) is 20.5 Å². The molecule has 5 heterocycles. The Morgan fingerprint density at radius 3 is 2.77 bits per heavy atom. The van der Waals surface area contributed by atoms with Gasteiger partial charge in [0.25, 0.3) is 0 Å². The third-order valence-electron chi connectivity index (χ3n) is 8.72. The summed E-state index contributed by atoms with van der Waals surface area (Å²) in [4.78, 5) is 37.0. The van der Waals surface area contributed by atoms with Crippen LogP contribution >= 0.6 is 0 Å². The fourth-order valence-corrected chi connectivity index (χ4v) is 6.69. The third kappa shape index (κ3) is 4.35. The van der Waals surface area contributed by atoms with Crippen molar-refractivity contribution >= 4 is 28.4 Å². The highest BCUT2D eigenvalue weighted by atomic mass is 19.2. The number of fused-ring (bicyclic) bond motifs is 4. The van der Waals surface area contributed by atoms with E-state index < -0.39 is 23.0 Å². The predicted octanol–water partition coefficient (Wildman–Crippen LogP) is 3.81. The molecule has 0 saturated carbocycles. The summed E-state index contributed by atoms with van der Waals surface area (Å²) >= 11 is 0. The van der Waals surface area contributed by atoms with E-state index in [1.165, 1.54) is 6.20 Å². The highest BCUT2D eigenvalue weighted by molar-refractivity contribution is 5.98. The van der Waals surface area contributed by atoms with Crippen LogP contribution in [0.1, 0.15) is 41.0 Å². The average molecular weight is 589 g/mol. The smallest absolute Gasteiger partial charge is 0.341 e. The van der Waals surface area contributed by atoms with Crippen LogP contribution in [0.25, 0.3) is 33.3 Å². The number of anilines is 2. The summed E-state index contributed by atoms with van der Waals surface area (Å²) in [6.07, 6.45) is 5.67. The third-order valence-corrected chi connectivity index (χ3v) is 8.72. The molecule has 2 atom stereocenters. The minimum absolute atomic E-state index is 0.0534. The van der Waals surface area contributed by atoms with Crippen LogP contribution in [-0.2, 0) is 11.2 Å². The maximum absolute atomic E-state index is 15.6. The maximum Gasteiger partial charge on any atom is 0.341 e. The molecule has 0 spiro atoms. The van der Waals surface area contributed by atoms with Gasteiger partial charge in [-0.15, -0.1) is 0 Å². The first kappa shape index (κ1) is 27.4. The van der Waals surface area contributed by atoms with E-state index >= 15 is 4.39 Å². The van der Waals surface area contributed by atoms with Crippen molar-refractivity contribution in [3.8, 4) is 22.3 Å². The molecule has 4 aromatic rings. The predicted molar refractivity (Wildman–Crippen MR) is 158 cm³/mol. The quantitative estimate of drug-likeness (QED) is 0.281. The zero-order valence-corrected chi connectivity index (χ0v) is 23.7. The fourth-order valence-electron chi connectivity index (χ4n) is 6.69. The lowest BCUT2D eigenvalue weighted by atomic mass is 9.96. The highest BCUT2D eigenvalue weighted by Crippen LogP contribution is 2.50. The molecule has 3 aliphatic rings. The normalized spacial score (nSPS) is 19.5. The van der Waals surface area contributed by atoms with Gasteiger partial charge in [-0.2, -0.15) is 0 Å². The van der Waals surface area contributed by atoms with Crippen molar-refractivity contribution in [1.29, 1.82) is 0 Å². The number of nitrogens with one attached hydrogen (secondary N) is 2.